The normalized spacial score (nSPS) is 24.9. The van der Waals surface area contributed by atoms with E-state index in [1.807, 2.05) is 6.92 Å². The molecule has 0 radical (unpaired) electrons. The molecule has 0 aliphatic heterocycles. The Morgan fingerprint density at radius 3 is 2.73 bits per heavy atom. The minimum Gasteiger partial charge on any atom is -0.324 e. The van der Waals surface area contributed by atoms with E-state index in [-0.39, 0.29) is 5.57 Å². The van der Waals surface area contributed by atoms with Crippen LogP contribution in [0.4, 0.5) is 8.78 Å². The number of halogens is 2. The Kier molecular flexibility index (Phi) is 2.39. The summed E-state index contributed by atoms with van der Waals surface area (Å²) in [5.41, 5.74) is 6.68. The van der Waals surface area contributed by atoms with Crippen molar-refractivity contribution in [2.75, 3.05) is 0 Å². The van der Waals surface area contributed by atoms with Gasteiger partial charge in [0.1, 0.15) is 0 Å². The predicted molar refractivity (Wildman–Crippen MR) is 40.2 cm³/mol. The van der Waals surface area contributed by atoms with Crippen LogP contribution in [0.3, 0.4) is 0 Å². The van der Waals surface area contributed by atoms with Crippen molar-refractivity contribution in [2.45, 2.75) is 25.8 Å². The molecule has 0 saturated carbocycles. The number of hydrogen-bond acceptors (Lipinski definition) is 1. The third-order valence-corrected chi connectivity index (χ3v) is 1.90. The number of hydrogen-bond donors (Lipinski definition) is 1. The average Bonchev–Trinajstić information content (AvgIpc) is 1.85. The second-order valence-corrected chi connectivity index (χ2v) is 2.85. The Balaban J connectivity index is 2.82. The molecule has 1 aliphatic carbocycles. The molecule has 0 spiro atoms. The molecular formula is C8H11F2N. The van der Waals surface area contributed by atoms with Crippen molar-refractivity contribution in [3.8, 4) is 0 Å². The molecule has 0 fully saturated rings. The van der Waals surface area contributed by atoms with E-state index in [9.17, 15) is 8.78 Å². The molecule has 1 rings (SSSR count). The zero-order valence-corrected chi connectivity index (χ0v) is 6.40. The highest BCUT2D eigenvalue weighted by atomic mass is 19.3. The fourth-order valence-electron chi connectivity index (χ4n) is 1.21. The summed E-state index contributed by atoms with van der Waals surface area (Å²) in [7, 11) is 0. The van der Waals surface area contributed by atoms with Gasteiger partial charge in [0.25, 0.3) is 6.08 Å². The van der Waals surface area contributed by atoms with Crippen LogP contribution >= 0.6 is 0 Å². The van der Waals surface area contributed by atoms with Crippen molar-refractivity contribution in [3.63, 3.8) is 0 Å². The van der Waals surface area contributed by atoms with E-state index in [4.69, 9.17) is 5.73 Å². The van der Waals surface area contributed by atoms with Crippen LogP contribution in [0.1, 0.15) is 19.8 Å². The first-order chi connectivity index (χ1) is 5.11. The van der Waals surface area contributed by atoms with E-state index in [1.165, 1.54) is 0 Å². The van der Waals surface area contributed by atoms with Gasteiger partial charge in [0.05, 0.1) is 0 Å². The molecule has 2 N–H and O–H groups in total. The molecule has 0 aromatic heterocycles. The van der Waals surface area contributed by atoms with Crippen molar-refractivity contribution in [1.29, 1.82) is 0 Å². The predicted octanol–water partition coefficient (Wildman–Crippen LogP) is 2.20. The fraction of sp³-hybridized carbons (Fsp3) is 0.500. The first-order valence-corrected chi connectivity index (χ1v) is 3.56. The Morgan fingerprint density at radius 1 is 1.64 bits per heavy atom. The number of nitrogens with two attached hydrogens (primary N) is 1. The molecule has 1 aliphatic rings. The second-order valence-electron chi connectivity index (χ2n) is 2.85. The molecule has 1 atom stereocenters. The molecule has 11 heavy (non-hydrogen) atoms. The monoisotopic (exact) mass is 159 g/mol. The smallest absolute Gasteiger partial charge is 0.271 e. The molecule has 0 unspecified atom stereocenters. The van der Waals surface area contributed by atoms with E-state index < -0.39 is 12.1 Å². The maximum Gasteiger partial charge on any atom is 0.271 e. The zero-order chi connectivity index (χ0) is 8.43. The highest BCUT2D eigenvalue weighted by molar-refractivity contribution is 5.24. The van der Waals surface area contributed by atoms with Gasteiger partial charge in [0.15, 0.2) is 0 Å². The SMILES string of the molecule is CC1=CCC(=C(F)F)[C@@H](N)C1. The lowest BCUT2D eigenvalue weighted by molar-refractivity contribution is 0.399. The average molecular weight is 159 g/mol. The van der Waals surface area contributed by atoms with Crippen LogP contribution in [0, 0.1) is 0 Å². The second kappa shape index (κ2) is 3.13. The maximum absolute atomic E-state index is 12.1. The maximum atomic E-state index is 12.1. The van der Waals surface area contributed by atoms with E-state index in [0.717, 1.165) is 5.57 Å². The minimum atomic E-state index is -1.61. The molecule has 0 aromatic carbocycles. The van der Waals surface area contributed by atoms with E-state index in [0.29, 0.717) is 12.8 Å². The summed E-state index contributed by atoms with van der Waals surface area (Å²) in [4.78, 5) is 0. The van der Waals surface area contributed by atoms with Gasteiger partial charge in [-0.05, 0) is 19.8 Å². The lowest BCUT2D eigenvalue weighted by atomic mass is 9.92. The van der Waals surface area contributed by atoms with Gasteiger partial charge in [-0.15, -0.1) is 0 Å². The van der Waals surface area contributed by atoms with Crippen molar-refractivity contribution in [3.05, 3.63) is 23.3 Å². The van der Waals surface area contributed by atoms with Gasteiger partial charge in [-0.3, -0.25) is 0 Å². The topological polar surface area (TPSA) is 26.0 Å². The van der Waals surface area contributed by atoms with E-state index >= 15 is 0 Å². The summed E-state index contributed by atoms with van der Waals surface area (Å²) in [6.07, 6.45) is 1.07. The Bertz CT molecular complexity index is 214. The summed E-state index contributed by atoms with van der Waals surface area (Å²) in [6.45, 7) is 1.91. The Hall–Kier alpha value is -0.700. The molecule has 62 valence electrons. The molecule has 3 heteroatoms. The fourth-order valence-corrected chi connectivity index (χ4v) is 1.21. The van der Waals surface area contributed by atoms with Crippen LogP contribution in [0.2, 0.25) is 0 Å². The summed E-state index contributed by atoms with van der Waals surface area (Å²) in [5.74, 6) is 0. The van der Waals surface area contributed by atoms with Crippen LogP contribution in [0.25, 0.3) is 0 Å². The quantitative estimate of drug-likeness (QED) is 0.539. The molecule has 0 aromatic rings. The van der Waals surface area contributed by atoms with Crippen LogP contribution in [-0.2, 0) is 0 Å². The van der Waals surface area contributed by atoms with Crippen molar-refractivity contribution in [2.24, 2.45) is 5.73 Å². The van der Waals surface area contributed by atoms with Gasteiger partial charge in [-0.1, -0.05) is 11.6 Å². The van der Waals surface area contributed by atoms with Crippen LogP contribution in [0.5, 0.6) is 0 Å². The zero-order valence-electron chi connectivity index (χ0n) is 6.40. The van der Waals surface area contributed by atoms with Gasteiger partial charge in [0.2, 0.25) is 0 Å². The first kappa shape index (κ1) is 8.40. The number of rotatable bonds is 0. The van der Waals surface area contributed by atoms with Gasteiger partial charge >= 0.3 is 0 Å². The van der Waals surface area contributed by atoms with E-state index in [2.05, 4.69) is 0 Å². The van der Waals surface area contributed by atoms with Crippen molar-refractivity contribution >= 4 is 0 Å². The highest BCUT2D eigenvalue weighted by Gasteiger charge is 2.18. The molecule has 1 nitrogen and oxygen atoms in total. The van der Waals surface area contributed by atoms with Crippen LogP contribution < -0.4 is 5.73 Å². The van der Waals surface area contributed by atoms with Gasteiger partial charge in [-0.25, -0.2) is 0 Å². The molecule has 0 heterocycles. The summed E-state index contributed by atoms with van der Waals surface area (Å²) in [6, 6.07) is -0.468. The van der Waals surface area contributed by atoms with Gasteiger partial charge < -0.3 is 5.73 Å². The van der Waals surface area contributed by atoms with E-state index in [1.54, 1.807) is 6.08 Å². The molecular weight excluding hydrogens is 148 g/mol. The number of allylic oxidation sites excluding steroid dienone is 1. The lowest BCUT2D eigenvalue weighted by Crippen LogP contribution is -2.25. The van der Waals surface area contributed by atoms with Crippen LogP contribution in [-0.4, -0.2) is 6.04 Å². The third kappa shape index (κ3) is 1.87. The summed E-state index contributed by atoms with van der Waals surface area (Å²) >= 11 is 0. The van der Waals surface area contributed by atoms with Gasteiger partial charge in [-0.2, -0.15) is 8.78 Å². The largest absolute Gasteiger partial charge is 0.324 e. The Morgan fingerprint density at radius 2 is 2.27 bits per heavy atom. The molecule has 0 bridgehead atoms. The lowest BCUT2D eigenvalue weighted by Gasteiger charge is -2.19. The highest BCUT2D eigenvalue weighted by Crippen LogP contribution is 2.25. The summed E-state index contributed by atoms with van der Waals surface area (Å²) in [5, 5.41) is 0. The van der Waals surface area contributed by atoms with Gasteiger partial charge in [0, 0.05) is 11.6 Å². The first-order valence-electron chi connectivity index (χ1n) is 3.56. The summed E-state index contributed by atoms with van der Waals surface area (Å²) < 4.78 is 24.1. The standard InChI is InChI=1S/C8H11F2N/c1-5-2-3-6(8(9)10)7(11)4-5/h2,7H,3-4,11H2,1H3/t7-/m0/s1. The third-order valence-electron chi connectivity index (χ3n) is 1.90. The van der Waals surface area contributed by atoms with Crippen LogP contribution in [0.15, 0.2) is 23.3 Å². The van der Waals surface area contributed by atoms with Crippen molar-refractivity contribution in [1.82, 2.24) is 0 Å². The van der Waals surface area contributed by atoms with Crippen molar-refractivity contribution < 1.29 is 8.78 Å². The molecule has 0 saturated heterocycles. The Labute approximate surface area is 64.6 Å². The molecule has 0 amide bonds. The minimum absolute atomic E-state index is 0.0931.